The lowest BCUT2D eigenvalue weighted by Crippen LogP contribution is -2.42. The van der Waals surface area contributed by atoms with Crippen LogP contribution in [0.5, 0.6) is 0 Å². The number of hydrogen-bond acceptors (Lipinski definition) is 2. The van der Waals surface area contributed by atoms with Gasteiger partial charge in [0.05, 0.1) is 12.5 Å². The van der Waals surface area contributed by atoms with E-state index in [1.807, 2.05) is 0 Å². The second-order valence-corrected chi connectivity index (χ2v) is 4.38. The van der Waals surface area contributed by atoms with Crippen molar-refractivity contribution in [3.8, 4) is 0 Å². The fourth-order valence-corrected chi connectivity index (χ4v) is 1.97. The molecule has 1 rings (SSSR count). The third-order valence-corrected chi connectivity index (χ3v) is 2.94. The molecule has 0 bridgehead atoms. The molecule has 7 heteroatoms. The normalized spacial score (nSPS) is 24.2. The van der Waals surface area contributed by atoms with Crippen LogP contribution < -0.4 is 0 Å². The number of urea groups is 1. The highest BCUT2D eigenvalue weighted by Gasteiger charge is 2.38. The Balaban J connectivity index is 2.58. The molecule has 2 atom stereocenters. The van der Waals surface area contributed by atoms with Gasteiger partial charge in [-0.3, -0.25) is 4.79 Å². The standard InChI is InChI=1S/C10H16F2N2O3/c1-6-3-14(4-7(6)9(15)16)10(17)13(2)5-8(11)12/h6-8H,3-5H2,1-2H3,(H,15,16). The first-order chi connectivity index (χ1) is 7.82. The van der Waals surface area contributed by atoms with Crippen molar-refractivity contribution in [3.63, 3.8) is 0 Å². The molecule has 0 aliphatic carbocycles. The van der Waals surface area contributed by atoms with E-state index in [4.69, 9.17) is 5.11 Å². The van der Waals surface area contributed by atoms with Crippen molar-refractivity contribution in [3.05, 3.63) is 0 Å². The largest absolute Gasteiger partial charge is 0.481 e. The third kappa shape index (κ3) is 3.28. The Labute approximate surface area is 98.0 Å². The monoisotopic (exact) mass is 250 g/mol. The molecule has 1 N–H and O–H groups in total. The van der Waals surface area contributed by atoms with Gasteiger partial charge in [-0.2, -0.15) is 0 Å². The first-order valence-electron chi connectivity index (χ1n) is 5.34. The Morgan fingerprint density at radius 1 is 1.47 bits per heavy atom. The summed E-state index contributed by atoms with van der Waals surface area (Å²) in [7, 11) is 1.28. The number of halogens is 2. The van der Waals surface area contributed by atoms with Crippen molar-refractivity contribution in [2.45, 2.75) is 13.3 Å². The molecule has 1 heterocycles. The number of carboxylic acid groups (broad SMARTS) is 1. The number of carboxylic acids is 1. The maximum absolute atomic E-state index is 12.1. The molecule has 0 aromatic heterocycles. The summed E-state index contributed by atoms with van der Waals surface area (Å²) in [6.45, 7) is 1.48. The number of hydrogen-bond donors (Lipinski definition) is 1. The Morgan fingerprint density at radius 2 is 2.06 bits per heavy atom. The lowest BCUT2D eigenvalue weighted by atomic mass is 9.99. The van der Waals surface area contributed by atoms with Crippen LogP contribution in [-0.2, 0) is 4.79 Å². The zero-order valence-electron chi connectivity index (χ0n) is 9.77. The van der Waals surface area contributed by atoms with E-state index in [0.717, 1.165) is 4.90 Å². The average molecular weight is 250 g/mol. The molecule has 1 aliphatic rings. The van der Waals surface area contributed by atoms with Gasteiger partial charge < -0.3 is 14.9 Å². The van der Waals surface area contributed by atoms with Gasteiger partial charge in [0.15, 0.2) is 0 Å². The van der Waals surface area contributed by atoms with Crippen molar-refractivity contribution in [2.24, 2.45) is 11.8 Å². The third-order valence-electron chi connectivity index (χ3n) is 2.94. The van der Waals surface area contributed by atoms with Gasteiger partial charge in [-0.1, -0.05) is 6.92 Å². The molecule has 5 nitrogen and oxygen atoms in total. The molecule has 17 heavy (non-hydrogen) atoms. The number of likely N-dealkylation sites (tertiary alicyclic amines) is 1. The quantitative estimate of drug-likeness (QED) is 0.811. The summed E-state index contributed by atoms with van der Waals surface area (Å²) < 4.78 is 24.2. The van der Waals surface area contributed by atoms with Crippen molar-refractivity contribution in [1.82, 2.24) is 9.80 Å². The van der Waals surface area contributed by atoms with E-state index < -0.39 is 30.9 Å². The second kappa shape index (κ2) is 5.29. The molecule has 1 fully saturated rings. The lowest BCUT2D eigenvalue weighted by Gasteiger charge is -2.24. The van der Waals surface area contributed by atoms with E-state index in [0.29, 0.717) is 6.54 Å². The molecule has 2 unspecified atom stereocenters. The van der Waals surface area contributed by atoms with Gasteiger partial charge in [0.1, 0.15) is 0 Å². The highest BCUT2D eigenvalue weighted by Crippen LogP contribution is 2.23. The maximum Gasteiger partial charge on any atom is 0.319 e. The van der Waals surface area contributed by atoms with Gasteiger partial charge in [-0.15, -0.1) is 0 Å². The topological polar surface area (TPSA) is 60.9 Å². The van der Waals surface area contributed by atoms with Crippen LogP contribution in [0.1, 0.15) is 6.92 Å². The van der Waals surface area contributed by atoms with Crippen LogP contribution >= 0.6 is 0 Å². The van der Waals surface area contributed by atoms with Crippen LogP contribution in [-0.4, -0.2) is 60.0 Å². The molecule has 0 aromatic carbocycles. The van der Waals surface area contributed by atoms with Crippen molar-refractivity contribution < 1.29 is 23.5 Å². The summed E-state index contributed by atoms with van der Waals surface area (Å²) in [5.74, 6) is -1.72. The van der Waals surface area contributed by atoms with E-state index >= 15 is 0 Å². The number of rotatable bonds is 3. The van der Waals surface area contributed by atoms with E-state index in [2.05, 4.69) is 0 Å². The van der Waals surface area contributed by atoms with Gasteiger partial charge in [0.2, 0.25) is 0 Å². The molecule has 2 amide bonds. The highest BCUT2D eigenvalue weighted by molar-refractivity contribution is 5.77. The SMILES string of the molecule is CC1CN(C(=O)N(C)CC(F)F)CC1C(=O)O. The van der Waals surface area contributed by atoms with Crippen LogP contribution in [0.4, 0.5) is 13.6 Å². The highest BCUT2D eigenvalue weighted by atomic mass is 19.3. The number of alkyl halides is 2. The first kappa shape index (κ1) is 13.7. The number of aliphatic carboxylic acids is 1. The van der Waals surface area contributed by atoms with E-state index in [1.54, 1.807) is 6.92 Å². The van der Waals surface area contributed by atoms with Crippen LogP contribution in [0.2, 0.25) is 0 Å². The minimum atomic E-state index is -2.58. The van der Waals surface area contributed by atoms with Gasteiger partial charge in [-0.05, 0) is 5.92 Å². The van der Waals surface area contributed by atoms with Gasteiger partial charge >= 0.3 is 12.0 Å². The molecule has 0 radical (unpaired) electrons. The van der Waals surface area contributed by atoms with Crippen LogP contribution in [0, 0.1) is 11.8 Å². The fraction of sp³-hybridized carbons (Fsp3) is 0.800. The summed E-state index contributed by atoms with van der Waals surface area (Å²) in [6, 6.07) is -0.541. The predicted molar refractivity (Wildman–Crippen MR) is 55.9 cm³/mol. The molecule has 98 valence electrons. The van der Waals surface area contributed by atoms with Crippen molar-refractivity contribution in [2.75, 3.05) is 26.7 Å². The predicted octanol–water partition coefficient (Wildman–Crippen LogP) is 0.956. The Morgan fingerprint density at radius 3 is 2.47 bits per heavy atom. The smallest absolute Gasteiger partial charge is 0.319 e. The van der Waals surface area contributed by atoms with Gasteiger partial charge in [-0.25, -0.2) is 13.6 Å². The summed E-state index contributed by atoms with van der Waals surface area (Å²) in [6.07, 6.45) is -2.58. The molecule has 0 aromatic rings. The Hall–Kier alpha value is -1.40. The lowest BCUT2D eigenvalue weighted by molar-refractivity contribution is -0.142. The molecule has 0 spiro atoms. The van der Waals surface area contributed by atoms with Crippen LogP contribution in [0.25, 0.3) is 0 Å². The summed E-state index contributed by atoms with van der Waals surface area (Å²) in [5.41, 5.74) is 0. The molecular weight excluding hydrogens is 234 g/mol. The summed E-state index contributed by atoms with van der Waals surface area (Å²) in [4.78, 5) is 24.8. The molecule has 1 saturated heterocycles. The van der Waals surface area contributed by atoms with Gasteiger partial charge in [0.25, 0.3) is 6.43 Å². The van der Waals surface area contributed by atoms with Gasteiger partial charge in [0, 0.05) is 20.1 Å². The fourth-order valence-electron chi connectivity index (χ4n) is 1.97. The van der Waals surface area contributed by atoms with Crippen LogP contribution in [0.3, 0.4) is 0 Å². The number of nitrogens with zero attached hydrogens (tertiary/aromatic N) is 2. The van der Waals surface area contributed by atoms with E-state index in [1.165, 1.54) is 11.9 Å². The Bertz CT molecular complexity index is 312. The molecule has 1 aliphatic heterocycles. The minimum absolute atomic E-state index is 0.0862. The number of carbonyl (C=O) groups excluding carboxylic acids is 1. The molecular formula is C10H16F2N2O3. The van der Waals surface area contributed by atoms with E-state index in [9.17, 15) is 18.4 Å². The summed E-state index contributed by atoms with van der Waals surface area (Å²) >= 11 is 0. The minimum Gasteiger partial charge on any atom is -0.481 e. The number of carbonyl (C=O) groups is 2. The Kier molecular flexibility index (Phi) is 4.25. The summed E-state index contributed by atoms with van der Waals surface area (Å²) in [5, 5.41) is 8.90. The number of amides is 2. The second-order valence-electron chi connectivity index (χ2n) is 4.38. The van der Waals surface area contributed by atoms with E-state index in [-0.39, 0.29) is 12.5 Å². The maximum atomic E-state index is 12.1. The van der Waals surface area contributed by atoms with Crippen molar-refractivity contribution >= 4 is 12.0 Å². The zero-order chi connectivity index (χ0) is 13.2. The van der Waals surface area contributed by atoms with Crippen LogP contribution in [0.15, 0.2) is 0 Å². The molecule has 0 saturated carbocycles. The van der Waals surface area contributed by atoms with Crippen molar-refractivity contribution in [1.29, 1.82) is 0 Å². The first-order valence-corrected chi connectivity index (χ1v) is 5.34. The average Bonchev–Trinajstić information content (AvgIpc) is 2.58. The zero-order valence-corrected chi connectivity index (χ0v) is 9.77.